The fourth-order valence-corrected chi connectivity index (χ4v) is 3.03. The SMILES string of the molecule is NC(=O)C/C=C/c1ccc2[nH]c(-c3nc4ccccc4[nH]c3=O)c(N)c2c1. The molecule has 2 aromatic carbocycles. The molecule has 0 bridgehead atoms. The van der Waals surface area contributed by atoms with Crippen molar-refractivity contribution >= 4 is 39.6 Å². The Balaban J connectivity index is 1.82. The molecule has 2 heterocycles. The highest BCUT2D eigenvalue weighted by Crippen LogP contribution is 2.31. The van der Waals surface area contributed by atoms with E-state index in [0.717, 1.165) is 16.5 Å². The second-order valence-corrected chi connectivity index (χ2v) is 6.22. The number of nitrogen functional groups attached to an aromatic ring is 1. The first-order chi connectivity index (χ1) is 13.0. The lowest BCUT2D eigenvalue weighted by atomic mass is 10.1. The summed E-state index contributed by atoms with van der Waals surface area (Å²) < 4.78 is 0. The van der Waals surface area contributed by atoms with Gasteiger partial charge in [0, 0.05) is 17.3 Å². The molecule has 0 radical (unpaired) electrons. The first-order valence-electron chi connectivity index (χ1n) is 8.38. The summed E-state index contributed by atoms with van der Waals surface area (Å²) in [6.45, 7) is 0. The fraction of sp³-hybridized carbons (Fsp3) is 0.0500. The van der Waals surface area contributed by atoms with Crippen LogP contribution in [0.1, 0.15) is 12.0 Å². The van der Waals surface area contributed by atoms with E-state index in [0.29, 0.717) is 22.4 Å². The van der Waals surface area contributed by atoms with Gasteiger partial charge in [0.2, 0.25) is 5.91 Å². The van der Waals surface area contributed by atoms with Crippen molar-refractivity contribution in [3.8, 4) is 11.4 Å². The van der Waals surface area contributed by atoms with Crippen LogP contribution in [0.15, 0.2) is 53.3 Å². The van der Waals surface area contributed by atoms with Crippen LogP contribution in [0.5, 0.6) is 0 Å². The number of aromatic amines is 2. The van der Waals surface area contributed by atoms with E-state index in [1.807, 2.05) is 36.4 Å². The van der Waals surface area contributed by atoms with Gasteiger partial charge >= 0.3 is 0 Å². The topological polar surface area (TPSA) is 131 Å². The molecule has 0 saturated heterocycles. The maximum Gasteiger partial charge on any atom is 0.276 e. The lowest BCUT2D eigenvalue weighted by molar-refractivity contribution is -0.117. The van der Waals surface area contributed by atoms with Gasteiger partial charge in [-0.3, -0.25) is 9.59 Å². The monoisotopic (exact) mass is 359 g/mol. The van der Waals surface area contributed by atoms with E-state index in [-0.39, 0.29) is 17.7 Å². The van der Waals surface area contributed by atoms with Crippen LogP contribution >= 0.6 is 0 Å². The number of primary amides is 1. The first-order valence-corrected chi connectivity index (χ1v) is 8.38. The zero-order valence-electron chi connectivity index (χ0n) is 14.3. The van der Waals surface area contributed by atoms with E-state index in [1.165, 1.54) is 0 Å². The van der Waals surface area contributed by atoms with Crippen LogP contribution in [0.2, 0.25) is 0 Å². The molecule has 0 atom stereocenters. The minimum Gasteiger partial charge on any atom is -0.396 e. The smallest absolute Gasteiger partial charge is 0.276 e. The number of hydrogen-bond donors (Lipinski definition) is 4. The van der Waals surface area contributed by atoms with E-state index in [9.17, 15) is 9.59 Å². The van der Waals surface area contributed by atoms with Crippen molar-refractivity contribution in [2.45, 2.75) is 6.42 Å². The Morgan fingerprint density at radius 1 is 1.11 bits per heavy atom. The number of H-pyrrole nitrogens is 2. The lowest BCUT2D eigenvalue weighted by Crippen LogP contribution is -2.12. The van der Waals surface area contributed by atoms with Crippen LogP contribution in [-0.2, 0) is 4.79 Å². The van der Waals surface area contributed by atoms with Crippen molar-refractivity contribution in [1.82, 2.24) is 15.0 Å². The Kier molecular flexibility index (Phi) is 3.97. The molecule has 1 amide bonds. The molecule has 7 heteroatoms. The molecular formula is C20H17N5O2. The zero-order valence-corrected chi connectivity index (χ0v) is 14.3. The van der Waals surface area contributed by atoms with Crippen molar-refractivity contribution in [2.75, 3.05) is 5.73 Å². The normalized spacial score (nSPS) is 11.6. The third-order valence-corrected chi connectivity index (χ3v) is 4.33. The van der Waals surface area contributed by atoms with E-state index in [2.05, 4.69) is 15.0 Å². The van der Waals surface area contributed by atoms with Gasteiger partial charge in [0.1, 0.15) is 0 Å². The van der Waals surface area contributed by atoms with Crippen LogP contribution in [-0.4, -0.2) is 20.9 Å². The molecule has 134 valence electrons. The maximum atomic E-state index is 12.5. The highest BCUT2D eigenvalue weighted by Gasteiger charge is 2.15. The van der Waals surface area contributed by atoms with E-state index in [4.69, 9.17) is 11.5 Å². The van der Waals surface area contributed by atoms with Crippen LogP contribution in [0.25, 0.3) is 39.4 Å². The number of aromatic nitrogens is 3. The zero-order chi connectivity index (χ0) is 19.0. The van der Waals surface area contributed by atoms with Gasteiger partial charge in [0.05, 0.1) is 22.4 Å². The molecular weight excluding hydrogens is 342 g/mol. The maximum absolute atomic E-state index is 12.5. The van der Waals surface area contributed by atoms with E-state index < -0.39 is 5.91 Å². The molecule has 6 N–H and O–H groups in total. The molecule has 27 heavy (non-hydrogen) atoms. The highest BCUT2D eigenvalue weighted by molar-refractivity contribution is 6.00. The average molecular weight is 359 g/mol. The largest absolute Gasteiger partial charge is 0.396 e. The summed E-state index contributed by atoms with van der Waals surface area (Å²) in [6, 6.07) is 13.0. The number of hydrogen-bond acceptors (Lipinski definition) is 4. The molecule has 0 fully saturated rings. The van der Waals surface area contributed by atoms with Gasteiger partial charge in [-0.25, -0.2) is 4.98 Å². The van der Waals surface area contributed by atoms with Crippen molar-refractivity contribution in [3.05, 3.63) is 64.5 Å². The first kappa shape index (κ1) is 16.6. The number of benzene rings is 2. The number of nitrogens with zero attached hydrogens (tertiary/aromatic N) is 1. The summed E-state index contributed by atoms with van der Waals surface area (Å²) in [5.74, 6) is -0.391. The minimum absolute atomic E-state index is 0.169. The summed E-state index contributed by atoms with van der Waals surface area (Å²) in [6.07, 6.45) is 3.67. The summed E-state index contributed by atoms with van der Waals surface area (Å²) in [4.78, 5) is 33.8. The number of para-hydroxylation sites is 2. The molecule has 0 spiro atoms. The highest BCUT2D eigenvalue weighted by atomic mass is 16.1. The number of carbonyl (C=O) groups is 1. The molecule has 0 aliphatic carbocycles. The standard InChI is InChI=1S/C20H17N5O2/c21-16(26)7-3-4-11-8-9-13-12(10-11)17(22)18(23-13)19-20(27)25-15-6-2-1-5-14(15)24-19/h1-6,8-10,23H,7,22H2,(H2,21,26)(H,25,27)/b4-3+. The second kappa shape index (κ2) is 6.45. The number of rotatable bonds is 4. The van der Waals surface area contributed by atoms with Crippen LogP contribution < -0.4 is 17.0 Å². The number of amides is 1. The van der Waals surface area contributed by atoms with Crippen molar-refractivity contribution < 1.29 is 4.79 Å². The molecule has 0 aliphatic rings. The Labute approximate surface area is 153 Å². The fourth-order valence-electron chi connectivity index (χ4n) is 3.03. The predicted octanol–water partition coefficient (Wildman–Crippen LogP) is 2.54. The van der Waals surface area contributed by atoms with Crippen molar-refractivity contribution in [3.63, 3.8) is 0 Å². The lowest BCUT2D eigenvalue weighted by Gasteiger charge is -2.02. The number of carbonyl (C=O) groups excluding carboxylic acids is 1. The van der Waals surface area contributed by atoms with Gasteiger partial charge in [0.15, 0.2) is 5.69 Å². The van der Waals surface area contributed by atoms with Gasteiger partial charge in [-0.2, -0.15) is 0 Å². The number of nitrogens with one attached hydrogen (secondary N) is 2. The Hall–Kier alpha value is -3.87. The Morgan fingerprint density at radius 2 is 1.93 bits per heavy atom. The molecule has 0 aliphatic heterocycles. The predicted molar refractivity (Wildman–Crippen MR) is 107 cm³/mol. The molecule has 0 unspecified atom stereocenters. The molecule has 7 nitrogen and oxygen atoms in total. The quantitative estimate of drug-likeness (QED) is 0.446. The molecule has 0 saturated carbocycles. The summed E-state index contributed by atoms with van der Waals surface area (Å²) in [7, 11) is 0. The van der Waals surface area contributed by atoms with Gasteiger partial charge in [0.25, 0.3) is 5.56 Å². The third-order valence-electron chi connectivity index (χ3n) is 4.33. The Morgan fingerprint density at radius 3 is 2.74 bits per heavy atom. The molecule has 4 rings (SSSR count). The van der Waals surface area contributed by atoms with Crippen molar-refractivity contribution in [1.29, 1.82) is 0 Å². The number of nitrogens with two attached hydrogens (primary N) is 2. The number of anilines is 1. The summed E-state index contributed by atoms with van der Waals surface area (Å²) in [5.41, 5.74) is 15.3. The van der Waals surface area contributed by atoms with E-state index in [1.54, 1.807) is 18.2 Å². The van der Waals surface area contributed by atoms with Gasteiger partial charge < -0.3 is 21.4 Å². The van der Waals surface area contributed by atoms with Gasteiger partial charge in [-0.05, 0) is 29.8 Å². The molecule has 4 aromatic rings. The third kappa shape index (κ3) is 3.06. The minimum atomic E-state index is -0.391. The van der Waals surface area contributed by atoms with Crippen molar-refractivity contribution in [2.24, 2.45) is 5.73 Å². The van der Waals surface area contributed by atoms with Crippen LogP contribution in [0.3, 0.4) is 0 Å². The summed E-state index contributed by atoms with van der Waals surface area (Å²) in [5, 5.41) is 0.778. The van der Waals surface area contributed by atoms with Crippen LogP contribution in [0, 0.1) is 0 Å². The second-order valence-electron chi connectivity index (χ2n) is 6.22. The average Bonchev–Trinajstić information content (AvgIpc) is 2.97. The van der Waals surface area contributed by atoms with Gasteiger partial charge in [-0.1, -0.05) is 30.4 Å². The van der Waals surface area contributed by atoms with E-state index >= 15 is 0 Å². The van der Waals surface area contributed by atoms with Gasteiger partial charge in [-0.15, -0.1) is 0 Å². The Bertz CT molecular complexity index is 1270. The van der Waals surface area contributed by atoms with Crippen LogP contribution in [0.4, 0.5) is 5.69 Å². The molecule has 2 aromatic heterocycles. The summed E-state index contributed by atoms with van der Waals surface area (Å²) >= 11 is 0. The number of fused-ring (bicyclic) bond motifs is 2.